The number of aromatic nitrogens is 1. The van der Waals surface area contributed by atoms with E-state index in [1.54, 1.807) is 0 Å². The van der Waals surface area contributed by atoms with Crippen LogP contribution in [0, 0.1) is 25.7 Å². The van der Waals surface area contributed by atoms with Crippen LogP contribution in [0.25, 0.3) is 10.9 Å². The van der Waals surface area contributed by atoms with Gasteiger partial charge >= 0.3 is 0 Å². The van der Waals surface area contributed by atoms with Crippen molar-refractivity contribution in [2.75, 3.05) is 6.54 Å². The van der Waals surface area contributed by atoms with E-state index in [0.29, 0.717) is 5.92 Å². The molecule has 21 heavy (non-hydrogen) atoms. The van der Waals surface area contributed by atoms with Crippen LogP contribution >= 0.6 is 0 Å². The first kappa shape index (κ1) is 14.2. The molecular weight excluding hydrogens is 260 g/mol. The van der Waals surface area contributed by atoms with Crippen molar-refractivity contribution in [3.05, 3.63) is 35.0 Å². The summed E-state index contributed by atoms with van der Waals surface area (Å²) in [5.74, 6) is 1.44. The lowest BCUT2D eigenvalue weighted by atomic mass is 9.98. The van der Waals surface area contributed by atoms with Crippen LogP contribution in [0.3, 0.4) is 0 Å². The third-order valence-corrected chi connectivity index (χ3v) is 5.13. The van der Waals surface area contributed by atoms with Crippen LogP contribution in [0.1, 0.15) is 47.8 Å². The summed E-state index contributed by atoms with van der Waals surface area (Å²) in [6.45, 7) is 7.26. The van der Waals surface area contributed by atoms with Gasteiger partial charge in [0.25, 0.3) is 5.91 Å². The molecule has 0 bridgehead atoms. The van der Waals surface area contributed by atoms with Crippen molar-refractivity contribution in [2.24, 2.45) is 11.8 Å². The highest BCUT2D eigenvalue weighted by molar-refractivity contribution is 5.99. The normalized spacial score (nSPS) is 21.9. The third kappa shape index (κ3) is 2.69. The molecule has 0 saturated heterocycles. The van der Waals surface area contributed by atoms with Gasteiger partial charge < -0.3 is 10.3 Å². The number of aromatic amines is 1. The molecule has 2 aromatic rings. The van der Waals surface area contributed by atoms with E-state index in [4.69, 9.17) is 0 Å². The molecule has 3 heteroatoms. The van der Waals surface area contributed by atoms with Crippen LogP contribution in [0.15, 0.2) is 18.2 Å². The van der Waals surface area contributed by atoms with E-state index in [2.05, 4.69) is 31.1 Å². The highest BCUT2D eigenvalue weighted by Crippen LogP contribution is 2.30. The number of benzene rings is 1. The molecule has 2 atom stereocenters. The van der Waals surface area contributed by atoms with E-state index < -0.39 is 0 Å². The van der Waals surface area contributed by atoms with Gasteiger partial charge in [-0.3, -0.25) is 4.79 Å². The molecule has 0 radical (unpaired) electrons. The van der Waals surface area contributed by atoms with Crippen LogP contribution in [0.4, 0.5) is 0 Å². The van der Waals surface area contributed by atoms with Gasteiger partial charge in [-0.25, -0.2) is 0 Å². The zero-order chi connectivity index (χ0) is 15.0. The van der Waals surface area contributed by atoms with Gasteiger partial charge in [0, 0.05) is 28.7 Å². The first-order valence-electron chi connectivity index (χ1n) is 7.93. The monoisotopic (exact) mass is 284 g/mol. The standard InChI is InChI=1S/C18H24N2O/c1-11-5-4-6-15(11)10-19-18(21)14-7-8-17-16(9-14)12(2)13(3)20-17/h7-9,11,15,20H,4-6,10H2,1-3H3,(H,19,21). The quantitative estimate of drug-likeness (QED) is 0.880. The molecule has 1 amide bonds. The topological polar surface area (TPSA) is 44.9 Å². The summed E-state index contributed by atoms with van der Waals surface area (Å²) in [6, 6.07) is 5.91. The lowest BCUT2D eigenvalue weighted by Crippen LogP contribution is -2.30. The first-order chi connectivity index (χ1) is 10.1. The molecule has 1 aliphatic carbocycles. The van der Waals surface area contributed by atoms with Crippen molar-refractivity contribution in [3.8, 4) is 0 Å². The summed E-state index contributed by atoms with van der Waals surface area (Å²) in [4.78, 5) is 15.7. The number of fused-ring (bicyclic) bond motifs is 1. The zero-order valence-electron chi connectivity index (χ0n) is 13.1. The van der Waals surface area contributed by atoms with Gasteiger partial charge in [-0.15, -0.1) is 0 Å². The summed E-state index contributed by atoms with van der Waals surface area (Å²) < 4.78 is 0. The third-order valence-electron chi connectivity index (χ3n) is 5.13. The van der Waals surface area contributed by atoms with Crippen LogP contribution in [0.5, 0.6) is 0 Å². The van der Waals surface area contributed by atoms with Crippen LogP contribution < -0.4 is 5.32 Å². The minimum Gasteiger partial charge on any atom is -0.358 e. The van der Waals surface area contributed by atoms with E-state index in [-0.39, 0.29) is 5.91 Å². The van der Waals surface area contributed by atoms with Crippen molar-refractivity contribution in [1.29, 1.82) is 0 Å². The molecule has 2 unspecified atom stereocenters. The number of rotatable bonds is 3. The number of amides is 1. The number of nitrogens with one attached hydrogen (secondary N) is 2. The lowest BCUT2D eigenvalue weighted by molar-refractivity contribution is 0.0945. The van der Waals surface area contributed by atoms with E-state index in [9.17, 15) is 4.79 Å². The molecule has 0 spiro atoms. The van der Waals surface area contributed by atoms with Crippen LogP contribution in [-0.4, -0.2) is 17.4 Å². The van der Waals surface area contributed by atoms with Gasteiger partial charge in [0.1, 0.15) is 0 Å². The average Bonchev–Trinajstić information content (AvgIpc) is 3.01. The number of H-pyrrole nitrogens is 1. The van der Waals surface area contributed by atoms with Gasteiger partial charge in [0.15, 0.2) is 0 Å². The second kappa shape index (κ2) is 5.55. The Balaban J connectivity index is 1.73. The second-order valence-corrected chi connectivity index (χ2v) is 6.51. The number of carbonyl (C=O) groups is 1. The second-order valence-electron chi connectivity index (χ2n) is 6.51. The predicted molar refractivity (Wildman–Crippen MR) is 86.6 cm³/mol. The molecule has 112 valence electrons. The van der Waals surface area contributed by atoms with Gasteiger partial charge in [-0.05, 0) is 55.9 Å². The maximum atomic E-state index is 12.3. The Morgan fingerprint density at radius 2 is 2.14 bits per heavy atom. The van der Waals surface area contributed by atoms with Crippen molar-refractivity contribution >= 4 is 16.8 Å². The molecule has 1 heterocycles. The van der Waals surface area contributed by atoms with E-state index in [0.717, 1.165) is 28.9 Å². The summed E-state index contributed by atoms with van der Waals surface area (Å²) in [5.41, 5.74) is 4.26. The largest absolute Gasteiger partial charge is 0.358 e. The maximum absolute atomic E-state index is 12.3. The summed E-state index contributed by atoms with van der Waals surface area (Å²) in [5, 5.41) is 4.26. The SMILES string of the molecule is Cc1[nH]c2ccc(C(=O)NCC3CCCC3C)cc2c1C. The average molecular weight is 284 g/mol. The Labute approximate surface area is 126 Å². The summed E-state index contributed by atoms with van der Waals surface area (Å²) >= 11 is 0. The number of aryl methyl sites for hydroxylation is 2. The van der Waals surface area contributed by atoms with E-state index >= 15 is 0 Å². The van der Waals surface area contributed by atoms with E-state index in [1.165, 1.54) is 30.5 Å². The molecule has 3 nitrogen and oxygen atoms in total. The molecule has 1 fully saturated rings. The van der Waals surface area contributed by atoms with E-state index in [1.807, 2.05) is 18.2 Å². The smallest absolute Gasteiger partial charge is 0.251 e. The fourth-order valence-electron chi connectivity index (χ4n) is 3.45. The molecular formula is C18H24N2O. The predicted octanol–water partition coefficient (Wildman–Crippen LogP) is 3.95. The minimum atomic E-state index is 0.0502. The molecule has 2 N–H and O–H groups in total. The zero-order valence-corrected chi connectivity index (χ0v) is 13.1. The lowest BCUT2D eigenvalue weighted by Gasteiger charge is -2.15. The Morgan fingerprint density at radius 3 is 2.86 bits per heavy atom. The number of hydrogen-bond donors (Lipinski definition) is 2. The fourth-order valence-corrected chi connectivity index (χ4v) is 3.45. The molecule has 0 aliphatic heterocycles. The first-order valence-corrected chi connectivity index (χ1v) is 7.93. The van der Waals surface area contributed by atoms with Crippen molar-refractivity contribution in [1.82, 2.24) is 10.3 Å². The minimum absolute atomic E-state index is 0.0502. The molecule has 1 aliphatic rings. The van der Waals surface area contributed by atoms with Crippen LogP contribution in [-0.2, 0) is 0 Å². The number of carbonyl (C=O) groups excluding carboxylic acids is 1. The summed E-state index contributed by atoms with van der Waals surface area (Å²) in [7, 11) is 0. The van der Waals surface area contributed by atoms with Crippen LogP contribution in [0.2, 0.25) is 0 Å². The molecule has 1 aromatic heterocycles. The molecule has 1 aromatic carbocycles. The number of hydrogen-bond acceptors (Lipinski definition) is 1. The highest BCUT2D eigenvalue weighted by atomic mass is 16.1. The van der Waals surface area contributed by atoms with Gasteiger partial charge in [0.2, 0.25) is 0 Å². The van der Waals surface area contributed by atoms with Crippen molar-refractivity contribution in [3.63, 3.8) is 0 Å². The highest BCUT2D eigenvalue weighted by Gasteiger charge is 2.23. The Bertz CT molecular complexity index is 671. The van der Waals surface area contributed by atoms with Crippen molar-refractivity contribution in [2.45, 2.75) is 40.0 Å². The van der Waals surface area contributed by atoms with Gasteiger partial charge in [-0.1, -0.05) is 19.8 Å². The maximum Gasteiger partial charge on any atom is 0.251 e. The fraction of sp³-hybridized carbons (Fsp3) is 0.500. The van der Waals surface area contributed by atoms with Gasteiger partial charge in [0.05, 0.1) is 0 Å². The Hall–Kier alpha value is -1.77. The Morgan fingerprint density at radius 1 is 1.33 bits per heavy atom. The summed E-state index contributed by atoms with van der Waals surface area (Å²) in [6.07, 6.45) is 3.85. The Kier molecular flexibility index (Phi) is 3.75. The van der Waals surface area contributed by atoms with Gasteiger partial charge in [-0.2, -0.15) is 0 Å². The molecule has 1 saturated carbocycles. The molecule has 3 rings (SSSR count). The van der Waals surface area contributed by atoms with Crippen molar-refractivity contribution < 1.29 is 4.79 Å².